The molecule has 0 radical (unpaired) electrons. The van der Waals surface area contributed by atoms with Gasteiger partial charge in [0.1, 0.15) is 11.3 Å². The highest BCUT2D eigenvalue weighted by molar-refractivity contribution is 6.08. The highest BCUT2D eigenvalue weighted by Crippen LogP contribution is 2.44. The molecule has 0 unspecified atom stereocenters. The van der Waals surface area contributed by atoms with Crippen LogP contribution in [0.4, 0.5) is 0 Å². The summed E-state index contributed by atoms with van der Waals surface area (Å²) < 4.78 is 6.29. The van der Waals surface area contributed by atoms with Gasteiger partial charge >= 0.3 is 5.97 Å². The first kappa shape index (κ1) is 18.9. The summed E-state index contributed by atoms with van der Waals surface area (Å²) in [6.45, 7) is 9.61. The number of aryl methyl sites for hydroxylation is 3. The maximum atomic E-state index is 12.6. The molecule has 1 aliphatic heterocycles. The van der Waals surface area contributed by atoms with Crippen molar-refractivity contribution < 1.29 is 14.3 Å². The zero-order valence-corrected chi connectivity index (χ0v) is 17.1. The van der Waals surface area contributed by atoms with E-state index >= 15 is 0 Å². The number of hydrogen-bond donors (Lipinski definition) is 1. The van der Waals surface area contributed by atoms with Gasteiger partial charge in [-0.05, 0) is 80.6 Å². The normalized spacial score (nSPS) is 11.3. The van der Waals surface area contributed by atoms with Crippen molar-refractivity contribution in [1.29, 1.82) is 0 Å². The van der Waals surface area contributed by atoms with Crippen molar-refractivity contribution in [1.82, 2.24) is 0 Å². The van der Waals surface area contributed by atoms with Gasteiger partial charge in [0, 0.05) is 22.1 Å². The fourth-order valence-corrected chi connectivity index (χ4v) is 4.07. The van der Waals surface area contributed by atoms with Crippen LogP contribution in [0, 0.1) is 34.6 Å². The van der Waals surface area contributed by atoms with Crippen LogP contribution in [0.2, 0.25) is 0 Å². The van der Waals surface area contributed by atoms with Crippen molar-refractivity contribution in [2.45, 2.75) is 34.6 Å². The lowest BCUT2D eigenvalue weighted by molar-refractivity contribution is 0.0697. The molecule has 1 N–H and O–H groups in total. The summed E-state index contributed by atoms with van der Waals surface area (Å²) in [4.78, 5) is 24.6. The van der Waals surface area contributed by atoms with Crippen molar-refractivity contribution in [2.24, 2.45) is 0 Å². The van der Waals surface area contributed by atoms with E-state index in [9.17, 15) is 14.7 Å². The van der Waals surface area contributed by atoms with Crippen LogP contribution in [0.3, 0.4) is 0 Å². The van der Waals surface area contributed by atoms with Crippen LogP contribution in [-0.4, -0.2) is 11.1 Å². The number of fused-ring (bicyclic) bond motifs is 2. The molecule has 0 spiro atoms. The smallest absolute Gasteiger partial charge is 0.336 e. The van der Waals surface area contributed by atoms with E-state index < -0.39 is 5.97 Å². The second-order valence-electron chi connectivity index (χ2n) is 7.67. The third kappa shape index (κ3) is 2.75. The predicted octanol–water partition coefficient (Wildman–Crippen LogP) is 5.81. The summed E-state index contributed by atoms with van der Waals surface area (Å²) in [5, 5.41) is 10.7. The lowest BCUT2D eigenvalue weighted by atomic mass is 9.86. The number of aromatic carboxylic acids is 1. The maximum Gasteiger partial charge on any atom is 0.336 e. The first-order chi connectivity index (χ1) is 13.7. The Labute approximate surface area is 168 Å². The molecule has 4 nitrogen and oxygen atoms in total. The minimum absolute atomic E-state index is 0.0560. The van der Waals surface area contributed by atoms with E-state index in [1.165, 1.54) is 0 Å². The molecule has 1 aliphatic carbocycles. The highest BCUT2D eigenvalue weighted by atomic mass is 16.4. The molecule has 4 rings (SSSR count). The Balaban J connectivity index is 2.34. The van der Waals surface area contributed by atoms with Crippen LogP contribution in [0.5, 0.6) is 0 Å². The molecule has 0 saturated carbocycles. The van der Waals surface area contributed by atoms with Crippen LogP contribution in [0.15, 0.2) is 45.6 Å². The predicted molar refractivity (Wildman–Crippen MR) is 115 cm³/mol. The van der Waals surface area contributed by atoms with E-state index in [0.29, 0.717) is 28.0 Å². The first-order valence-electron chi connectivity index (χ1n) is 9.52. The lowest BCUT2D eigenvalue weighted by Gasteiger charge is -2.21. The van der Waals surface area contributed by atoms with Crippen molar-refractivity contribution >= 4 is 16.9 Å². The Hall–Kier alpha value is -3.40. The molecular weight excluding hydrogens is 364 g/mol. The molecule has 2 aromatic rings. The van der Waals surface area contributed by atoms with Crippen LogP contribution >= 0.6 is 0 Å². The van der Waals surface area contributed by atoms with Crippen LogP contribution in [-0.2, 0) is 0 Å². The fraction of sp³-hybridized carbons (Fsp3) is 0.200. The zero-order valence-electron chi connectivity index (χ0n) is 17.1. The second kappa shape index (κ2) is 6.59. The molecular formula is C25H22O4. The van der Waals surface area contributed by atoms with Gasteiger partial charge in [0.05, 0.1) is 5.56 Å². The standard InChI is InChI=1S/C25H22O4/c1-12-10-19-21(17-8-6-7-9-18(17)25(27)28)20-11-13(2)22(26)16(5)24(20)29-23(19)15(4)14(12)3/h6-11H,1-5H3,(H,27,28). The van der Waals surface area contributed by atoms with Crippen LogP contribution in [0.1, 0.15) is 38.2 Å². The first-order valence-corrected chi connectivity index (χ1v) is 9.52. The summed E-state index contributed by atoms with van der Waals surface area (Å²) in [6.07, 6.45) is 0. The summed E-state index contributed by atoms with van der Waals surface area (Å²) in [7, 11) is 0. The number of hydrogen-bond acceptors (Lipinski definition) is 3. The fourth-order valence-electron chi connectivity index (χ4n) is 4.07. The Kier molecular flexibility index (Phi) is 4.30. The van der Waals surface area contributed by atoms with Crippen molar-refractivity contribution in [3.05, 3.63) is 80.0 Å². The number of carbonyl (C=O) groups is 1. The summed E-state index contributed by atoms with van der Waals surface area (Å²) in [5.74, 6) is -0.480. The SMILES string of the molecule is Cc1cc2c(-c3ccccc3C(=O)O)c3cc(C)c(=O)c(C)c-3oc2c(C)c1C. The molecule has 0 atom stereocenters. The topological polar surface area (TPSA) is 67.5 Å². The summed E-state index contributed by atoms with van der Waals surface area (Å²) in [5.41, 5.74) is 7.36. The third-order valence-electron chi connectivity index (χ3n) is 5.91. The van der Waals surface area contributed by atoms with Crippen LogP contribution < -0.4 is 5.43 Å². The van der Waals surface area contributed by atoms with Gasteiger partial charge in [0.15, 0.2) is 5.43 Å². The van der Waals surface area contributed by atoms with Gasteiger partial charge in [-0.2, -0.15) is 0 Å². The Bertz CT molecular complexity index is 1340. The van der Waals surface area contributed by atoms with E-state index in [0.717, 1.165) is 33.2 Å². The molecule has 0 saturated heterocycles. The van der Waals surface area contributed by atoms with E-state index in [1.807, 2.05) is 45.0 Å². The van der Waals surface area contributed by atoms with Crippen molar-refractivity contribution in [2.75, 3.05) is 0 Å². The summed E-state index contributed by atoms with van der Waals surface area (Å²) in [6, 6.07) is 10.8. The Morgan fingerprint density at radius 3 is 2.24 bits per heavy atom. The van der Waals surface area contributed by atoms with Crippen molar-refractivity contribution in [3.63, 3.8) is 0 Å². The van der Waals surface area contributed by atoms with Crippen LogP contribution in [0.25, 0.3) is 33.4 Å². The molecule has 4 heteroatoms. The number of benzene rings is 3. The van der Waals surface area contributed by atoms with Gasteiger partial charge in [-0.3, -0.25) is 4.79 Å². The van der Waals surface area contributed by atoms with Gasteiger partial charge in [0.25, 0.3) is 0 Å². The van der Waals surface area contributed by atoms with Gasteiger partial charge in [-0.25, -0.2) is 4.79 Å². The third-order valence-corrected chi connectivity index (χ3v) is 5.91. The van der Waals surface area contributed by atoms with E-state index in [1.54, 1.807) is 26.0 Å². The molecule has 0 aromatic heterocycles. The quantitative estimate of drug-likeness (QED) is 0.442. The zero-order chi connectivity index (χ0) is 21.0. The molecule has 0 bridgehead atoms. The van der Waals surface area contributed by atoms with Gasteiger partial charge in [-0.15, -0.1) is 0 Å². The highest BCUT2D eigenvalue weighted by Gasteiger charge is 2.25. The Morgan fingerprint density at radius 1 is 0.862 bits per heavy atom. The minimum atomic E-state index is -0.989. The molecule has 1 heterocycles. The van der Waals surface area contributed by atoms with Crippen molar-refractivity contribution in [3.8, 4) is 22.5 Å². The molecule has 0 fully saturated rings. The Morgan fingerprint density at radius 2 is 1.55 bits per heavy atom. The average molecular weight is 386 g/mol. The van der Waals surface area contributed by atoms with Gasteiger partial charge in [0.2, 0.25) is 0 Å². The lowest BCUT2D eigenvalue weighted by Crippen LogP contribution is -2.12. The van der Waals surface area contributed by atoms with E-state index in [2.05, 4.69) is 0 Å². The number of carboxylic acids is 1. The van der Waals surface area contributed by atoms with Gasteiger partial charge < -0.3 is 9.52 Å². The van der Waals surface area contributed by atoms with Gasteiger partial charge in [-0.1, -0.05) is 18.2 Å². The monoisotopic (exact) mass is 386 g/mol. The average Bonchev–Trinajstić information content (AvgIpc) is 2.69. The molecule has 2 aromatic carbocycles. The number of rotatable bonds is 2. The molecule has 0 amide bonds. The van der Waals surface area contributed by atoms with E-state index in [-0.39, 0.29) is 11.0 Å². The molecule has 29 heavy (non-hydrogen) atoms. The molecule has 2 aliphatic rings. The number of carboxylic acid groups (broad SMARTS) is 1. The minimum Gasteiger partial charge on any atom is -0.478 e. The molecule has 146 valence electrons. The second-order valence-corrected chi connectivity index (χ2v) is 7.67. The maximum absolute atomic E-state index is 12.6. The van der Waals surface area contributed by atoms with E-state index in [4.69, 9.17) is 4.42 Å². The largest absolute Gasteiger partial charge is 0.478 e. The summed E-state index contributed by atoms with van der Waals surface area (Å²) >= 11 is 0.